The van der Waals surface area contributed by atoms with Gasteiger partial charge in [-0.3, -0.25) is 14.6 Å². The van der Waals surface area contributed by atoms with Gasteiger partial charge in [0.1, 0.15) is 6.04 Å². The van der Waals surface area contributed by atoms with Gasteiger partial charge >= 0.3 is 5.97 Å². The van der Waals surface area contributed by atoms with Gasteiger partial charge in [0.05, 0.1) is 32.0 Å². The molecule has 2 fully saturated rings. The van der Waals surface area contributed by atoms with Crippen molar-refractivity contribution in [3.63, 3.8) is 0 Å². The summed E-state index contributed by atoms with van der Waals surface area (Å²) in [5.74, 6) is -3.12. The number of hydrogen-bond donors (Lipinski definition) is 2. The Labute approximate surface area is 185 Å². The number of carbonyl (C=O) groups excluding carboxylic acids is 2. The van der Waals surface area contributed by atoms with Crippen LogP contribution in [-0.2, 0) is 19.1 Å². The minimum Gasteiger partial charge on any atom is -0.480 e. The zero-order chi connectivity index (χ0) is 22.9. The number of rotatable bonds is 5. The summed E-state index contributed by atoms with van der Waals surface area (Å²) < 4.78 is 11.1. The highest BCUT2D eigenvalue weighted by Gasteiger charge is 2.52. The van der Waals surface area contributed by atoms with E-state index in [2.05, 4.69) is 10.3 Å². The average Bonchev–Trinajstić information content (AvgIpc) is 3.39. The summed E-state index contributed by atoms with van der Waals surface area (Å²) in [5.41, 5.74) is 4.24. The minimum atomic E-state index is -1.13. The SMILES string of the molecule is Cc1cnc(-c2ccc(C(=O)NCC(=O)N3CC4(C[C@H]3C(=O)O)OCCO4)cc2)c(C)c1. The molecule has 0 saturated carbocycles. The molecular formula is C23H25N3O6. The molecular weight excluding hydrogens is 414 g/mol. The number of carboxylic acids is 1. The predicted octanol–water partition coefficient (Wildman–Crippen LogP) is 1.52. The Balaban J connectivity index is 1.39. The molecule has 0 radical (unpaired) electrons. The number of carbonyl (C=O) groups is 3. The Morgan fingerprint density at radius 2 is 1.88 bits per heavy atom. The molecule has 168 valence electrons. The lowest BCUT2D eigenvalue weighted by atomic mass is 10.0. The Morgan fingerprint density at radius 1 is 1.19 bits per heavy atom. The minimum absolute atomic E-state index is 0.0241. The van der Waals surface area contributed by atoms with Crippen molar-refractivity contribution < 1.29 is 29.0 Å². The standard InChI is InChI=1S/C23H25N3O6/c1-14-9-15(2)20(24-11-14)16-3-5-17(6-4-16)21(28)25-12-19(27)26-13-23(31-7-8-32-23)10-18(26)22(29)30/h3-6,9,11,18H,7-8,10,12-13H2,1-2H3,(H,25,28)(H,29,30)/t18-/m0/s1. The third kappa shape index (κ3) is 4.35. The fraction of sp³-hybridized carbons (Fsp3) is 0.391. The Bertz CT molecular complexity index is 1050. The van der Waals surface area contributed by atoms with Crippen molar-refractivity contribution in [2.24, 2.45) is 0 Å². The largest absolute Gasteiger partial charge is 0.480 e. The lowest BCUT2D eigenvalue weighted by Crippen LogP contribution is -2.46. The normalized spacial score (nSPS) is 19.3. The van der Waals surface area contributed by atoms with E-state index in [1.807, 2.05) is 19.9 Å². The molecule has 0 aliphatic carbocycles. The van der Waals surface area contributed by atoms with Crippen molar-refractivity contribution >= 4 is 17.8 Å². The maximum Gasteiger partial charge on any atom is 0.326 e. The summed E-state index contributed by atoms with van der Waals surface area (Å²) in [7, 11) is 0. The average molecular weight is 439 g/mol. The van der Waals surface area contributed by atoms with E-state index in [1.165, 1.54) is 4.90 Å². The molecule has 2 aliphatic rings. The molecule has 9 nitrogen and oxygen atoms in total. The Hall–Kier alpha value is -3.30. The van der Waals surface area contributed by atoms with Gasteiger partial charge in [-0.05, 0) is 37.1 Å². The van der Waals surface area contributed by atoms with Crippen LogP contribution in [0.1, 0.15) is 27.9 Å². The number of nitrogens with one attached hydrogen (secondary N) is 1. The molecule has 1 atom stereocenters. The molecule has 2 amide bonds. The van der Waals surface area contributed by atoms with Crippen molar-refractivity contribution in [3.8, 4) is 11.3 Å². The van der Waals surface area contributed by atoms with Crippen LogP contribution in [0, 0.1) is 13.8 Å². The van der Waals surface area contributed by atoms with Crippen molar-refractivity contribution in [1.29, 1.82) is 0 Å². The molecule has 2 N–H and O–H groups in total. The molecule has 2 aromatic rings. The third-order valence-corrected chi connectivity index (χ3v) is 5.75. The number of nitrogens with zero attached hydrogens (tertiary/aromatic N) is 2. The number of likely N-dealkylation sites (tertiary alicyclic amines) is 1. The number of aryl methyl sites for hydroxylation is 2. The van der Waals surface area contributed by atoms with Crippen LogP contribution in [-0.4, -0.2) is 70.9 Å². The summed E-state index contributed by atoms with van der Waals surface area (Å²) in [6.45, 7) is 4.38. The number of carboxylic acid groups (broad SMARTS) is 1. The van der Waals surface area contributed by atoms with Gasteiger partial charge in [-0.15, -0.1) is 0 Å². The van der Waals surface area contributed by atoms with Crippen molar-refractivity contribution in [1.82, 2.24) is 15.2 Å². The van der Waals surface area contributed by atoms with Crippen molar-refractivity contribution in [2.45, 2.75) is 32.1 Å². The monoisotopic (exact) mass is 439 g/mol. The Morgan fingerprint density at radius 3 is 2.50 bits per heavy atom. The van der Waals surface area contributed by atoms with Crippen LogP contribution in [0.4, 0.5) is 0 Å². The van der Waals surface area contributed by atoms with E-state index in [-0.39, 0.29) is 19.5 Å². The summed E-state index contributed by atoms with van der Waals surface area (Å²) in [5, 5.41) is 12.1. The van der Waals surface area contributed by atoms with E-state index < -0.39 is 29.6 Å². The van der Waals surface area contributed by atoms with Gasteiger partial charge in [0.15, 0.2) is 5.79 Å². The first kappa shape index (κ1) is 21.9. The highest BCUT2D eigenvalue weighted by molar-refractivity contribution is 5.97. The quantitative estimate of drug-likeness (QED) is 0.725. The maximum absolute atomic E-state index is 12.7. The number of hydrogen-bond acceptors (Lipinski definition) is 6. The van der Waals surface area contributed by atoms with Crippen molar-refractivity contribution in [2.75, 3.05) is 26.3 Å². The second kappa shape index (κ2) is 8.68. The van der Waals surface area contributed by atoms with Crippen LogP contribution in [0.2, 0.25) is 0 Å². The van der Waals surface area contributed by atoms with E-state index in [0.29, 0.717) is 18.8 Å². The molecule has 0 bridgehead atoms. The van der Waals surface area contributed by atoms with Gasteiger partial charge in [-0.25, -0.2) is 4.79 Å². The van der Waals surface area contributed by atoms with Gasteiger partial charge in [-0.2, -0.15) is 0 Å². The van der Waals surface area contributed by atoms with Crippen LogP contribution < -0.4 is 5.32 Å². The van der Waals surface area contributed by atoms with Crippen LogP contribution in [0.15, 0.2) is 36.5 Å². The lowest BCUT2D eigenvalue weighted by Gasteiger charge is -2.23. The molecule has 9 heteroatoms. The van der Waals surface area contributed by atoms with Crippen LogP contribution >= 0.6 is 0 Å². The van der Waals surface area contributed by atoms with Gasteiger partial charge in [-0.1, -0.05) is 18.2 Å². The first-order valence-electron chi connectivity index (χ1n) is 10.4. The van der Waals surface area contributed by atoms with E-state index in [1.54, 1.807) is 30.5 Å². The van der Waals surface area contributed by atoms with Crippen LogP contribution in [0.3, 0.4) is 0 Å². The molecule has 3 heterocycles. The molecule has 1 spiro atoms. The number of amides is 2. The molecule has 1 aromatic heterocycles. The summed E-state index contributed by atoms with van der Waals surface area (Å²) >= 11 is 0. The smallest absolute Gasteiger partial charge is 0.326 e. The number of benzene rings is 1. The molecule has 2 saturated heterocycles. The van der Waals surface area contributed by atoms with Gasteiger partial charge in [0.2, 0.25) is 5.91 Å². The van der Waals surface area contributed by atoms with Gasteiger partial charge in [0.25, 0.3) is 5.91 Å². The first-order chi connectivity index (χ1) is 15.3. The molecule has 4 rings (SSSR count). The van der Waals surface area contributed by atoms with E-state index in [0.717, 1.165) is 22.4 Å². The van der Waals surface area contributed by atoms with Crippen molar-refractivity contribution in [3.05, 3.63) is 53.2 Å². The second-order valence-corrected chi connectivity index (χ2v) is 8.13. The highest BCUT2D eigenvalue weighted by Crippen LogP contribution is 2.34. The zero-order valence-corrected chi connectivity index (χ0v) is 18.0. The van der Waals surface area contributed by atoms with Gasteiger partial charge in [0, 0.05) is 23.7 Å². The summed E-state index contributed by atoms with van der Waals surface area (Å²) in [6, 6.07) is 7.94. The van der Waals surface area contributed by atoms with E-state index >= 15 is 0 Å². The zero-order valence-electron chi connectivity index (χ0n) is 18.0. The van der Waals surface area contributed by atoms with Crippen LogP contribution in [0.5, 0.6) is 0 Å². The Kier molecular flexibility index (Phi) is 5.94. The molecule has 32 heavy (non-hydrogen) atoms. The van der Waals surface area contributed by atoms with Gasteiger partial charge < -0.3 is 24.8 Å². The number of pyridine rings is 1. The van der Waals surface area contributed by atoms with Crippen LogP contribution in [0.25, 0.3) is 11.3 Å². The molecule has 2 aliphatic heterocycles. The second-order valence-electron chi connectivity index (χ2n) is 8.13. The molecule has 0 unspecified atom stereocenters. The number of aromatic nitrogens is 1. The fourth-order valence-electron chi connectivity index (χ4n) is 4.18. The number of ether oxygens (including phenoxy) is 2. The number of aliphatic carboxylic acids is 1. The van der Waals surface area contributed by atoms with E-state index in [9.17, 15) is 19.5 Å². The highest BCUT2D eigenvalue weighted by atomic mass is 16.7. The molecule has 1 aromatic carbocycles. The first-order valence-corrected chi connectivity index (χ1v) is 10.4. The van der Waals surface area contributed by atoms with E-state index in [4.69, 9.17) is 9.47 Å². The predicted molar refractivity (Wildman–Crippen MR) is 114 cm³/mol. The summed E-state index contributed by atoms with van der Waals surface area (Å²) in [4.78, 5) is 42.5. The fourth-order valence-corrected chi connectivity index (χ4v) is 4.18. The summed E-state index contributed by atoms with van der Waals surface area (Å²) in [6.07, 6.45) is 1.86. The topological polar surface area (TPSA) is 118 Å². The lowest BCUT2D eigenvalue weighted by molar-refractivity contribution is -0.152. The maximum atomic E-state index is 12.7. The third-order valence-electron chi connectivity index (χ3n) is 5.75.